The summed E-state index contributed by atoms with van der Waals surface area (Å²) in [6.45, 7) is 2.19. The minimum absolute atomic E-state index is 0.134. The predicted octanol–water partition coefficient (Wildman–Crippen LogP) is 3.45. The first-order valence-electron chi connectivity index (χ1n) is 11.4. The van der Waals surface area contributed by atoms with Crippen LogP contribution in [0.3, 0.4) is 0 Å². The number of carbonyl (C=O) groups is 2. The number of fused-ring (bicyclic) bond motifs is 1. The molecule has 5 rings (SSSR count). The van der Waals surface area contributed by atoms with Crippen LogP contribution in [0.5, 0.6) is 0 Å². The zero-order chi connectivity index (χ0) is 25.2. The van der Waals surface area contributed by atoms with Gasteiger partial charge in [-0.3, -0.25) is 14.0 Å². The smallest absolute Gasteiger partial charge is 0.299 e. The number of hydrogen-bond donors (Lipinski definition) is 2. The summed E-state index contributed by atoms with van der Waals surface area (Å²) in [5, 5.41) is 2.58. The lowest BCUT2D eigenvalue weighted by atomic mass is 10.1. The number of hydrogen-bond acceptors (Lipinski definition) is 6. The van der Waals surface area contributed by atoms with Crippen LogP contribution in [0.2, 0.25) is 0 Å². The molecule has 1 saturated heterocycles. The molecule has 4 aromatic rings. The Morgan fingerprint density at radius 2 is 2.06 bits per heavy atom. The van der Waals surface area contributed by atoms with Crippen LogP contribution < -0.4 is 11.1 Å². The van der Waals surface area contributed by atoms with E-state index >= 15 is 4.39 Å². The summed E-state index contributed by atoms with van der Waals surface area (Å²) in [5.41, 5.74) is 7.41. The summed E-state index contributed by atoms with van der Waals surface area (Å²) in [6, 6.07) is 8.98. The number of benzene rings is 1. The Balaban J connectivity index is 1.54. The molecule has 1 unspecified atom stereocenters. The summed E-state index contributed by atoms with van der Waals surface area (Å²) in [6.07, 6.45) is 6.31. The van der Waals surface area contributed by atoms with Crippen molar-refractivity contribution >= 4 is 29.0 Å². The maximum Gasteiger partial charge on any atom is 0.299 e. The summed E-state index contributed by atoms with van der Waals surface area (Å²) in [7, 11) is 0. The van der Waals surface area contributed by atoms with Crippen LogP contribution in [0.15, 0.2) is 55.0 Å². The van der Waals surface area contributed by atoms with Crippen LogP contribution in [0.1, 0.15) is 42.0 Å². The van der Waals surface area contributed by atoms with Gasteiger partial charge in [-0.2, -0.15) is 0 Å². The maximum absolute atomic E-state index is 15.1. The van der Waals surface area contributed by atoms with E-state index in [1.165, 1.54) is 18.3 Å². The summed E-state index contributed by atoms with van der Waals surface area (Å²) in [4.78, 5) is 39.9. The normalized spacial score (nSPS) is 14.9. The number of aromatic nitrogens is 4. The van der Waals surface area contributed by atoms with Gasteiger partial charge in [0.1, 0.15) is 34.5 Å². The van der Waals surface area contributed by atoms with E-state index in [-0.39, 0.29) is 23.3 Å². The van der Waals surface area contributed by atoms with Crippen LogP contribution in [0, 0.1) is 17.7 Å². The molecule has 1 atom stereocenters. The average Bonchev–Trinajstić information content (AvgIpc) is 3.50. The Hall–Kier alpha value is -4.78. The molecule has 0 bridgehead atoms. The van der Waals surface area contributed by atoms with Crippen molar-refractivity contribution in [2.24, 2.45) is 0 Å². The largest absolute Gasteiger partial charge is 0.382 e. The fourth-order valence-corrected chi connectivity index (χ4v) is 4.45. The second-order valence-electron chi connectivity index (χ2n) is 8.25. The molecular formula is C26H22FN7O2. The monoisotopic (exact) mass is 483 g/mol. The Morgan fingerprint density at radius 3 is 2.81 bits per heavy atom. The SMILES string of the molecule is CC#CC(=O)N1CCCC1c1nc(-c2ccc(C(=O)Nc3ccccn3)c(F)c2)c2c(N)nccn12. The van der Waals surface area contributed by atoms with Crippen molar-refractivity contribution in [3.63, 3.8) is 0 Å². The molecule has 2 amide bonds. The molecule has 3 N–H and O–H groups in total. The molecule has 1 aliphatic rings. The van der Waals surface area contributed by atoms with E-state index in [4.69, 9.17) is 10.7 Å². The first kappa shape index (κ1) is 23.0. The van der Waals surface area contributed by atoms with Crippen molar-refractivity contribution in [3.05, 3.63) is 72.2 Å². The van der Waals surface area contributed by atoms with Gasteiger partial charge >= 0.3 is 0 Å². The number of nitrogens with zero attached hydrogens (tertiary/aromatic N) is 5. The first-order chi connectivity index (χ1) is 17.5. The Labute approximate surface area is 206 Å². The van der Waals surface area contributed by atoms with Crippen molar-refractivity contribution in [3.8, 4) is 23.1 Å². The van der Waals surface area contributed by atoms with Crippen LogP contribution >= 0.6 is 0 Å². The van der Waals surface area contributed by atoms with Gasteiger partial charge < -0.3 is 16.0 Å². The third-order valence-electron chi connectivity index (χ3n) is 6.05. The van der Waals surface area contributed by atoms with Crippen molar-refractivity contribution in [1.29, 1.82) is 0 Å². The van der Waals surface area contributed by atoms with Crippen molar-refractivity contribution in [2.75, 3.05) is 17.6 Å². The molecule has 9 nitrogen and oxygen atoms in total. The van der Waals surface area contributed by atoms with Crippen molar-refractivity contribution in [2.45, 2.75) is 25.8 Å². The number of nitrogens with one attached hydrogen (secondary N) is 1. The quantitative estimate of drug-likeness (QED) is 0.429. The maximum atomic E-state index is 15.1. The molecule has 0 radical (unpaired) electrons. The number of halogens is 1. The molecule has 36 heavy (non-hydrogen) atoms. The van der Waals surface area contributed by atoms with E-state index in [2.05, 4.69) is 27.1 Å². The van der Waals surface area contributed by atoms with E-state index in [1.807, 2.05) is 0 Å². The average molecular weight is 484 g/mol. The fourth-order valence-electron chi connectivity index (χ4n) is 4.45. The van der Waals surface area contributed by atoms with Crippen molar-refractivity contribution < 1.29 is 14.0 Å². The minimum atomic E-state index is -0.720. The molecule has 1 aliphatic heterocycles. The molecule has 4 heterocycles. The van der Waals surface area contributed by atoms with Gasteiger partial charge in [0.25, 0.3) is 11.8 Å². The predicted molar refractivity (Wildman–Crippen MR) is 132 cm³/mol. The van der Waals surface area contributed by atoms with Gasteiger partial charge in [-0.1, -0.05) is 18.1 Å². The number of amides is 2. The third-order valence-corrected chi connectivity index (χ3v) is 6.05. The second kappa shape index (κ2) is 9.46. The highest BCUT2D eigenvalue weighted by atomic mass is 19.1. The van der Waals surface area contributed by atoms with Gasteiger partial charge in [0.15, 0.2) is 0 Å². The first-order valence-corrected chi connectivity index (χ1v) is 11.4. The number of rotatable bonds is 4. The van der Waals surface area contributed by atoms with E-state index in [1.54, 1.807) is 52.9 Å². The van der Waals surface area contributed by atoms with Gasteiger partial charge in [-0.05, 0) is 50.0 Å². The minimum Gasteiger partial charge on any atom is -0.382 e. The number of likely N-dealkylation sites (tertiary alicyclic amines) is 1. The summed E-state index contributed by atoms with van der Waals surface area (Å²) < 4.78 is 16.9. The van der Waals surface area contributed by atoms with Crippen molar-refractivity contribution in [1.82, 2.24) is 24.3 Å². The summed E-state index contributed by atoms with van der Waals surface area (Å²) in [5.74, 6) is 4.77. The van der Waals surface area contributed by atoms with E-state index < -0.39 is 11.7 Å². The van der Waals surface area contributed by atoms with Crippen LogP contribution in [-0.4, -0.2) is 42.6 Å². The molecular weight excluding hydrogens is 461 g/mol. The van der Waals surface area contributed by atoms with Gasteiger partial charge in [-0.25, -0.2) is 19.3 Å². The Bertz CT molecular complexity index is 1540. The fraction of sp³-hybridized carbons (Fsp3) is 0.192. The van der Waals surface area contributed by atoms with Gasteiger partial charge in [0.05, 0.1) is 11.6 Å². The molecule has 10 heteroatoms. The number of nitrogens with two attached hydrogens (primary N) is 1. The van der Waals surface area contributed by atoms with Crippen LogP contribution in [0.4, 0.5) is 16.0 Å². The highest BCUT2D eigenvalue weighted by Gasteiger charge is 2.33. The molecule has 1 fully saturated rings. The van der Waals surface area contributed by atoms with Crippen LogP contribution in [0.25, 0.3) is 16.8 Å². The van der Waals surface area contributed by atoms with E-state index in [0.717, 1.165) is 6.42 Å². The lowest BCUT2D eigenvalue weighted by Crippen LogP contribution is -2.30. The van der Waals surface area contributed by atoms with Gasteiger partial charge in [0.2, 0.25) is 0 Å². The molecule has 0 spiro atoms. The highest BCUT2D eigenvalue weighted by Crippen LogP contribution is 2.36. The number of anilines is 2. The van der Waals surface area contributed by atoms with Gasteiger partial charge in [0, 0.05) is 30.7 Å². The van der Waals surface area contributed by atoms with Gasteiger partial charge in [-0.15, -0.1) is 0 Å². The standard InChI is InChI=1S/C26H22FN7O2/c1-2-6-21(35)33-13-5-7-19(33)25-32-22(23-24(28)30-12-14-34(23)25)16-9-10-17(18(27)15-16)26(36)31-20-8-3-4-11-29-20/h3-4,8-12,14-15,19H,5,7,13H2,1H3,(H2,28,30)(H,29,31,36). The summed E-state index contributed by atoms with van der Waals surface area (Å²) >= 11 is 0. The topological polar surface area (TPSA) is 119 Å². The number of nitrogen functional groups attached to an aromatic ring is 1. The molecule has 0 saturated carbocycles. The highest BCUT2D eigenvalue weighted by molar-refractivity contribution is 6.04. The zero-order valence-electron chi connectivity index (χ0n) is 19.4. The molecule has 3 aromatic heterocycles. The lowest BCUT2D eigenvalue weighted by Gasteiger charge is -2.21. The lowest BCUT2D eigenvalue weighted by molar-refractivity contribution is -0.126. The van der Waals surface area contributed by atoms with E-state index in [0.29, 0.717) is 41.4 Å². The van der Waals surface area contributed by atoms with E-state index in [9.17, 15) is 9.59 Å². The molecule has 1 aromatic carbocycles. The molecule has 180 valence electrons. The van der Waals surface area contributed by atoms with Crippen LogP contribution in [-0.2, 0) is 4.79 Å². The Kier molecular flexibility index (Phi) is 6.04. The third kappa shape index (κ3) is 4.11. The zero-order valence-corrected chi connectivity index (χ0v) is 19.4. The number of carbonyl (C=O) groups excluding carboxylic acids is 2. The molecule has 0 aliphatic carbocycles. The number of pyridine rings is 1. The number of imidazole rings is 1. The Morgan fingerprint density at radius 1 is 1.19 bits per heavy atom. The second-order valence-corrected chi connectivity index (χ2v) is 8.25.